The number of thiocarbonyl (C=S) groups is 1. The van der Waals surface area contributed by atoms with Crippen molar-refractivity contribution in [1.29, 1.82) is 0 Å². The van der Waals surface area contributed by atoms with E-state index >= 15 is 0 Å². The SMILES string of the molecule is Cc1ccc(NC(=S)NCCCOC(C)C)cc1Cl. The molecule has 0 atom stereocenters. The zero-order valence-electron chi connectivity index (χ0n) is 11.6. The number of hydrogen-bond acceptors (Lipinski definition) is 2. The van der Waals surface area contributed by atoms with Gasteiger partial charge >= 0.3 is 0 Å². The van der Waals surface area contributed by atoms with E-state index in [0.717, 1.165) is 35.8 Å². The van der Waals surface area contributed by atoms with Crippen molar-refractivity contribution in [3.05, 3.63) is 28.8 Å². The molecular formula is C14H21ClN2OS. The average Bonchev–Trinajstić information content (AvgIpc) is 2.33. The van der Waals surface area contributed by atoms with Crippen LogP contribution in [0.3, 0.4) is 0 Å². The maximum absolute atomic E-state index is 6.05. The zero-order chi connectivity index (χ0) is 14.3. The van der Waals surface area contributed by atoms with E-state index in [0.29, 0.717) is 5.11 Å². The molecule has 0 spiro atoms. The van der Waals surface area contributed by atoms with Crippen molar-refractivity contribution >= 4 is 34.6 Å². The van der Waals surface area contributed by atoms with Crippen LogP contribution in [-0.4, -0.2) is 24.4 Å². The molecule has 0 saturated heterocycles. The Labute approximate surface area is 125 Å². The van der Waals surface area contributed by atoms with Crippen LogP contribution in [0.25, 0.3) is 0 Å². The molecule has 0 aliphatic rings. The fraction of sp³-hybridized carbons (Fsp3) is 0.500. The van der Waals surface area contributed by atoms with Gasteiger partial charge in [-0.3, -0.25) is 0 Å². The van der Waals surface area contributed by atoms with Gasteiger partial charge in [-0.25, -0.2) is 0 Å². The molecule has 0 heterocycles. The van der Waals surface area contributed by atoms with Gasteiger partial charge in [-0.1, -0.05) is 17.7 Å². The highest BCUT2D eigenvalue weighted by Gasteiger charge is 2.00. The van der Waals surface area contributed by atoms with Crippen LogP contribution in [0.4, 0.5) is 5.69 Å². The molecule has 1 rings (SSSR count). The lowest BCUT2D eigenvalue weighted by Crippen LogP contribution is -2.30. The lowest BCUT2D eigenvalue weighted by atomic mass is 10.2. The van der Waals surface area contributed by atoms with E-state index in [1.54, 1.807) is 0 Å². The molecule has 3 nitrogen and oxygen atoms in total. The van der Waals surface area contributed by atoms with Gasteiger partial charge in [0.1, 0.15) is 0 Å². The first-order valence-electron chi connectivity index (χ1n) is 6.41. The Bertz CT molecular complexity index is 424. The van der Waals surface area contributed by atoms with Crippen LogP contribution in [0.2, 0.25) is 5.02 Å². The van der Waals surface area contributed by atoms with Crippen molar-refractivity contribution in [1.82, 2.24) is 5.32 Å². The minimum absolute atomic E-state index is 0.278. The second-order valence-electron chi connectivity index (χ2n) is 4.62. The third-order valence-electron chi connectivity index (χ3n) is 2.49. The third-order valence-corrected chi connectivity index (χ3v) is 3.14. The molecule has 1 aromatic carbocycles. The maximum atomic E-state index is 6.05. The quantitative estimate of drug-likeness (QED) is 0.619. The van der Waals surface area contributed by atoms with Gasteiger partial charge in [0, 0.05) is 23.9 Å². The van der Waals surface area contributed by atoms with Gasteiger partial charge in [0.15, 0.2) is 5.11 Å². The van der Waals surface area contributed by atoms with E-state index in [9.17, 15) is 0 Å². The first kappa shape index (κ1) is 16.2. The van der Waals surface area contributed by atoms with Crippen LogP contribution in [0.5, 0.6) is 0 Å². The first-order chi connectivity index (χ1) is 8.99. The van der Waals surface area contributed by atoms with E-state index in [-0.39, 0.29) is 6.10 Å². The van der Waals surface area contributed by atoms with Crippen molar-refractivity contribution in [2.24, 2.45) is 0 Å². The highest BCUT2D eigenvalue weighted by atomic mass is 35.5. The fourth-order valence-electron chi connectivity index (χ4n) is 1.44. The van der Waals surface area contributed by atoms with Gasteiger partial charge in [0.05, 0.1) is 6.10 Å². The highest BCUT2D eigenvalue weighted by molar-refractivity contribution is 7.80. The number of rotatable bonds is 6. The molecule has 0 amide bonds. The monoisotopic (exact) mass is 300 g/mol. The summed E-state index contributed by atoms with van der Waals surface area (Å²) in [5.74, 6) is 0. The van der Waals surface area contributed by atoms with Gasteiger partial charge < -0.3 is 15.4 Å². The van der Waals surface area contributed by atoms with Gasteiger partial charge in [-0.2, -0.15) is 0 Å². The minimum Gasteiger partial charge on any atom is -0.379 e. The first-order valence-corrected chi connectivity index (χ1v) is 7.20. The van der Waals surface area contributed by atoms with Crippen molar-refractivity contribution in [2.45, 2.75) is 33.3 Å². The summed E-state index contributed by atoms with van der Waals surface area (Å²) >= 11 is 11.3. The van der Waals surface area contributed by atoms with Gasteiger partial charge in [-0.05, 0) is 57.1 Å². The molecular weight excluding hydrogens is 280 g/mol. The second kappa shape index (κ2) is 8.35. The summed E-state index contributed by atoms with van der Waals surface area (Å²) < 4.78 is 5.45. The topological polar surface area (TPSA) is 33.3 Å². The lowest BCUT2D eigenvalue weighted by molar-refractivity contribution is 0.0777. The van der Waals surface area contributed by atoms with Crippen LogP contribution in [-0.2, 0) is 4.74 Å². The number of nitrogens with one attached hydrogen (secondary N) is 2. The van der Waals surface area contributed by atoms with Crippen molar-refractivity contribution < 1.29 is 4.74 Å². The van der Waals surface area contributed by atoms with Crippen LogP contribution in [0.15, 0.2) is 18.2 Å². The molecule has 0 fully saturated rings. The average molecular weight is 301 g/mol. The van der Waals surface area contributed by atoms with Crippen LogP contribution in [0, 0.1) is 6.92 Å². The highest BCUT2D eigenvalue weighted by Crippen LogP contribution is 2.19. The Morgan fingerprint density at radius 2 is 2.16 bits per heavy atom. The van der Waals surface area contributed by atoms with Gasteiger partial charge in [0.2, 0.25) is 0 Å². The molecule has 0 aromatic heterocycles. The molecule has 19 heavy (non-hydrogen) atoms. The molecule has 0 saturated carbocycles. The summed E-state index contributed by atoms with van der Waals surface area (Å²) in [7, 11) is 0. The Morgan fingerprint density at radius 3 is 2.79 bits per heavy atom. The molecule has 1 aromatic rings. The second-order valence-corrected chi connectivity index (χ2v) is 5.43. The molecule has 2 N–H and O–H groups in total. The number of aryl methyl sites for hydroxylation is 1. The summed E-state index contributed by atoms with van der Waals surface area (Å²) in [5.41, 5.74) is 1.95. The molecule has 0 aliphatic carbocycles. The number of benzene rings is 1. The predicted molar refractivity (Wildman–Crippen MR) is 86.1 cm³/mol. The fourth-order valence-corrected chi connectivity index (χ4v) is 1.84. The molecule has 0 radical (unpaired) electrons. The van der Waals surface area contributed by atoms with Crippen LogP contribution < -0.4 is 10.6 Å². The Kier molecular flexibility index (Phi) is 7.13. The normalized spacial score (nSPS) is 10.6. The van der Waals surface area contributed by atoms with Crippen molar-refractivity contribution in [3.63, 3.8) is 0 Å². The summed E-state index contributed by atoms with van der Waals surface area (Å²) in [5, 5.41) is 7.58. The Balaban J connectivity index is 2.25. The van der Waals surface area contributed by atoms with Crippen molar-refractivity contribution in [3.8, 4) is 0 Å². The standard InChI is InChI=1S/C14H21ClN2OS/c1-10(2)18-8-4-7-16-14(19)17-12-6-5-11(3)13(15)9-12/h5-6,9-10H,4,7-8H2,1-3H3,(H2,16,17,19). The summed E-state index contributed by atoms with van der Waals surface area (Å²) in [6.45, 7) is 7.56. The van der Waals surface area contributed by atoms with Crippen LogP contribution >= 0.6 is 23.8 Å². The van der Waals surface area contributed by atoms with E-state index in [1.165, 1.54) is 0 Å². The molecule has 0 bridgehead atoms. The molecule has 0 unspecified atom stereocenters. The Morgan fingerprint density at radius 1 is 1.42 bits per heavy atom. The number of ether oxygens (including phenoxy) is 1. The van der Waals surface area contributed by atoms with E-state index in [2.05, 4.69) is 10.6 Å². The van der Waals surface area contributed by atoms with E-state index < -0.39 is 0 Å². The summed E-state index contributed by atoms with van der Waals surface area (Å²) in [4.78, 5) is 0. The number of halogens is 1. The third kappa shape index (κ3) is 6.76. The smallest absolute Gasteiger partial charge is 0.170 e. The van der Waals surface area contributed by atoms with E-state index in [4.69, 9.17) is 28.6 Å². The zero-order valence-corrected chi connectivity index (χ0v) is 13.2. The molecule has 0 aliphatic heterocycles. The lowest BCUT2D eigenvalue weighted by Gasteiger charge is -2.12. The maximum Gasteiger partial charge on any atom is 0.170 e. The number of anilines is 1. The van der Waals surface area contributed by atoms with E-state index in [1.807, 2.05) is 39.0 Å². The predicted octanol–water partition coefficient (Wildman–Crippen LogP) is 3.75. The largest absolute Gasteiger partial charge is 0.379 e. The van der Waals surface area contributed by atoms with Gasteiger partial charge in [-0.15, -0.1) is 0 Å². The van der Waals surface area contributed by atoms with Gasteiger partial charge in [0.25, 0.3) is 0 Å². The van der Waals surface area contributed by atoms with Crippen LogP contribution in [0.1, 0.15) is 25.8 Å². The summed E-state index contributed by atoms with van der Waals surface area (Å²) in [6.07, 6.45) is 1.20. The minimum atomic E-state index is 0.278. The molecule has 106 valence electrons. The van der Waals surface area contributed by atoms with Crippen molar-refractivity contribution in [2.75, 3.05) is 18.5 Å². The Hall–Kier alpha value is -0.840. The summed E-state index contributed by atoms with van der Waals surface area (Å²) in [6, 6.07) is 5.79. The number of hydrogen-bond donors (Lipinski definition) is 2. The molecule has 5 heteroatoms.